The highest BCUT2D eigenvalue weighted by atomic mass is 16.5. The predicted molar refractivity (Wildman–Crippen MR) is 65.9 cm³/mol. The summed E-state index contributed by atoms with van der Waals surface area (Å²) in [4.78, 5) is 6.72. The van der Waals surface area contributed by atoms with Crippen LogP contribution in [0.25, 0.3) is 0 Å². The Balaban J connectivity index is 2.32. The fraction of sp³-hybridized carbons (Fsp3) is 0.538. The van der Waals surface area contributed by atoms with Crippen LogP contribution in [0.1, 0.15) is 25.1 Å². The predicted octanol–water partition coefficient (Wildman–Crippen LogP) is 1.88. The smallest absolute Gasteiger partial charge is 0.130 e. The number of hydrogen-bond donors (Lipinski definition) is 0. The molecule has 1 fully saturated rings. The van der Waals surface area contributed by atoms with Gasteiger partial charge in [-0.05, 0) is 32.9 Å². The van der Waals surface area contributed by atoms with Gasteiger partial charge in [0.1, 0.15) is 5.82 Å². The first kappa shape index (κ1) is 11.9. The van der Waals surface area contributed by atoms with Gasteiger partial charge in [-0.15, -0.1) is 0 Å². The van der Waals surface area contributed by atoms with E-state index in [4.69, 9.17) is 10.00 Å². The molecule has 2 heterocycles. The second kappa shape index (κ2) is 4.72. The molecule has 1 aliphatic heterocycles. The molecule has 0 aliphatic carbocycles. The molecule has 1 aromatic heterocycles. The molecule has 2 atom stereocenters. The number of hydrogen-bond acceptors (Lipinski definition) is 4. The molecule has 0 N–H and O–H groups in total. The van der Waals surface area contributed by atoms with E-state index in [0.29, 0.717) is 18.2 Å². The third-order valence-electron chi connectivity index (χ3n) is 2.97. The van der Waals surface area contributed by atoms with Gasteiger partial charge in [0.25, 0.3) is 0 Å². The summed E-state index contributed by atoms with van der Waals surface area (Å²) in [5.74, 6) is 0.879. The summed E-state index contributed by atoms with van der Waals surface area (Å²) in [6.45, 7) is 7.61. The second-order valence-electron chi connectivity index (χ2n) is 4.61. The molecular formula is C13H17N3O. The lowest BCUT2D eigenvalue weighted by molar-refractivity contribution is 0.0340. The van der Waals surface area contributed by atoms with Crippen LogP contribution in [0.3, 0.4) is 0 Å². The van der Waals surface area contributed by atoms with Gasteiger partial charge in [-0.3, -0.25) is 0 Å². The molecule has 0 saturated carbocycles. The summed E-state index contributed by atoms with van der Waals surface area (Å²) in [6.07, 6.45) is 0.207. The molecule has 1 aromatic rings. The Morgan fingerprint density at radius 1 is 1.47 bits per heavy atom. The molecule has 2 unspecified atom stereocenters. The number of morpholine rings is 1. The fourth-order valence-corrected chi connectivity index (χ4v) is 2.09. The van der Waals surface area contributed by atoms with Crippen molar-refractivity contribution in [2.75, 3.05) is 18.1 Å². The minimum atomic E-state index is 0.207. The van der Waals surface area contributed by atoms with Gasteiger partial charge >= 0.3 is 0 Å². The molecule has 17 heavy (non-hydrogen) atoms. The zero-order chi connectivity index (χ0) is 12.4. The number of nitriles is 1. The van der Waals surface area contributed by atoms with E-state index in [0.717, 1.165) is 18.1 Å². The number of anilines is 1. The maximum Gasteiger partial charge on any atom is 0.130 e. The SMILES string of the molecule is Cc1cc(C#N)cc(N2CC(C)OCC2C)n1. The summed E-state index contributed by atoms with van der Waals surface area (Å²) in [7, 11) is 0. The summed E-state index contributed by atoms with van der Waals surface area (Å²) >= 11 is 0. The Morgan fingerprint density at radius 2 is 2.24 bits per heavy atom. The van der Waals surface area contributed by atoms with E-state index in [1.165, 1.54) is 0 Å². The van der Waals surface area contributed by atoms with Crippen molar-refractivity contribution < 1.29 is 4.74 Å². The van der Waals surface area contributed by atoms with Gasteiger partial charge in [-0.25, -0.2) is 4.98 Å². The van der Waals surface area contributed by atoms with E-state index < -0.39 is 0 Å². The largest absolute Gasteiger partial charge is 0.375 e. The van der Waals surface area contributed by atoms with Crippen molar-refractivity contribution in [2.24, 2.45) is 0 Å². The summed E-state index contributed by atoms with van der Waals surface area (Å²) < 4.78 is 5.59. The molecule has 1 aliphatic rings. The highest BCUT2D eigenvalue weighted by Crippen LogP contribution is 2.21. The van der Waals surface area contributed by atoms with Crippen LogP contribution in [0.4, 0.5) is 5.82 Å². The van der Waals surface area contributed by atoms with Crippen LogP contribution in [0.15, 0.2) is 12.1 Å². The van der Waals surface area contributed by atoms with E-state index in [-0.39, 0.29) is 6.10 Å². The average Bonchev–Trinajstić information content (AvgIpc) is 2.31. The minimum absolute atomic E-state index is 0.207. The molecule has 4 heteroatoms. The van der Waals surface area contributed by atoms with Gasteiger partial charge < -0.3 is 9.64 Å². The van der Waals surface area contributed by atoms with Crippen LogP contribution in [0.2, 0.25) is 0 Å². The number of ether oxygens (including phenoxy) is 1. The Labute approximate surface area is 102 Å². The Bertz CT molecular complexity index is 452. The van der Waals surface area contributed by atoms with E-state index in [1.54, 1.807) is 6.07 Å². The van der Waals surface area contributed by atoms with Crippen molar-refractivity contribution in [3.05, 3.63) is 23.4 Å². The highest BCUT2D eigenvalue weighted by Gasteiger charge is 2.24. The third-order valence-corrected chi connectivity index (χ3v) is 2.97. The molecule has 4 nitrogen and oxygen atoms in total. The van der Waals surface area contributed by atoms with Crippen molar-refractivity contribution in [2.45, 2.75) is 32.9 Å². The van der Waals surface area contributed by atoms with E-state index in [2.05, 4.69) is 29.8 Å². The normalized spacial score (nSPS) is 24.5. The second-order valence-corrected chi connectivity index (χ2v) is 4.61. The van der Waals surface area contributed by atoms with Gasteiger partial charge in [-0.2, -0.15) is 5.26 Å². The lowest BCUT2D eigenvalue weighted by Crippen LogP contribution is -2.47. The zero-order valence-corrected chi connectivity index (χ0v) is 10.5. The monoisotopic (exact) mass is 231 g/mol. The van der Waals surface area contributed by atoms with Crippen molar-refractivity contribution in [3.63, 3.8) is 0 Å². The van der Waals surface area contributed by atoms with Crippen LogP contribution in [0.5, 0.6) is 0 Å². The van der Waals surface area contributed by atoms with Crippen LogP contribution < -0.4 is 4.90 Å². The molecule has 0 aromatic carbocycles. The van der Waals surface area contributed by atoms with E-state index in [1.807, 2.05) is 13.0 Å². The standard InChI is InChI=1S/C13H17N3O/c1-9-4-12(6-14)5-13(15-9)16-7-11(3)17-8-10(16)2/h4-5,10-11H,7-8H2,1-3H3. The van der Waals surface area contributed by atoms with Gasteiger partial charge in [0.2, 0.25) is 0 Å². The molecule has 0 spiro atoms. The summed E-state index contributed by atoms with van der Waals surface area (Å²) in [5, 5.41) is 8.98. The quantitative estimate of drug-likeness (QED) is 0.740. The van der Waals surface area contributed by atoms with Crippen LogP contribution >= 0.6 is 0 Å². The van der Waals surface area contributed by atoms with Crippen molar-refractivity contribution in [3.8, 4) is 6.07 Å². The summed E-state index contributed by atoms with van der Waals surface area (Å²) in [5.41, 5.74) is 1.55. The van der Waals surface area contributed by atoms with Gasteiger partial charge in [0.05, 0.1) is 30.4 Å². The average molecular weight is 231 g/mol. The van der Waals surface area contributed by atoms with E-state index >= 15 is 0 Å². The van der Waals surface area contributed by atoms with Crippen LogP contribution in [-0.2, 0) is 4.74 Å². The molecule has 2 rings (SSSR count). The van der Waals surface area contributed by atoms with E-state index in [9.17, 15) is 0 Å². The minimum Gasteiger partial charge on any atom is -0.375 e. The number of rotatable bonds is 1. The Kier molecular flexibility index (Phi) is 3.30. The van der Waals surface area contributed by atoms with Gasteiger partial charge in [0, 0.05) is 12.2 Å². The third kappa shape index (κ3) is 2.56. The maximum atomic E-state index is 8.98. The molecule has 0 bridgehead atoms. The summed E-state index contributed by atoms with van der Waals surface area (Å²) in [6, 6.07) is 6.13. The first-order valence-electron chi connectivity index (χ1n) is 5.87. The molecule has 90 valence electrons. The van der Waals surface area contributed by atoms with Crippen LogP contribution in [0, 0.1) is 18.3 Å². The number of pyridine rings is 1. The lowest BCUT2D eigenvalue weighted by atomic mass is 10.1. The Morgan fingerprint density at radius 3 is 2.94 bits per heavy atom. The number of nitrogens with zero attached hydrogens (tertiary/aromatic N) is 3. The highest BCUT2D eigenvalue weighted by molar-refractivity contribution is 5.47. The van der Waals surface area contributed by atoms with Gasteiger partial charge in [-0.1, -0.05) is 0 Å². The van der Waals surface area contributed by atoms with Crippen LogP contribution in [-0.4, -0.2) is 30.3 Å². The molecule has 0 amide bonds. The topological polar surface area (TPSA) is 49.2 Å². The maximum absolute atomic E-state index is 8.98. The number of aromatic nitrogens is 1. The van der Waals surface area contributed by atoms with Crippen molar-refractivity contribution in [1.29, 1.82) is 5.26 Å². The van der Waals surface area contributed by atoms with Crippen molar-refractivity contribution >= 4 is 5.82 Å². The molecular weight excluding hydrogens is 214 g/mol. The lowest BCUT2D eigenvalue weighted by Gasteiger charge is -2.37. The molecule has 1 saturated heterocycles. The Hall–Kier alpha value is -1.60. The fourth-order valence-electron chi connectivity index (χ4n) is 2.09. The first-order chi connectivity index (χ1) is 8.10. The van der Waals surface area contributed by atoms with Crippen molar-refractivity contribution in [1.82, 2.24) is 4.98 Å². The zero-order valence-electron chi connectivity index (χ0n) is 10.5. The first-order valence-corrected chi connectivity index (χ1v) is 5.87. The number of aryl methyl sites for hydroxylation is 1. The molecule has 0 radical (unpaired) electrons. The van der Waals surface area contributed by atoms with Gasteiger partial charge in [0.15, 0.2) is 0 Å².